The van der Waals surface area contributed by atoms with E-state index in [-0.39, 0.29) is 0 Å². The van der Waals surface area contributed by atoms with Crippen LogP contribution in [0.5, 0.6) is 0 Å². The lowest BCUT2D eigenvalue weighted by molar-refractivity contribution is 0.387. The molecule has 5 heteroatoms. The Morgan fingerprint density at radius 3 is 2.45 bits per heavy atom. The van der Waals surface area contributed by atoms with Crippen LogP contribution in [0.2, 0.25) is 0 Å². The molecule has 0 radical (unpaired) electrons. The SMILES string of the molecule is Cc1cc(N)c(C)c(S(=O)(=O)N(C)CC2CCCC2)c1. The van der Waals surface area contributed by atoms with Crippen molar-refractivity contribution in [1.82, 2.24) is 4.31 Å². The van der Waals surface area contributed by atoms with Crippen molar-refractivity contribution in [3.63, 3.8) is 0 Å². The Hall–Kier alpha value is -1.07. The highest BCUT2D eigenvalue weighted by molar-refractivity contribution is 7.89. The van der Waals surface area contributed by atoms with Crippen molar-refractivity contribution >= 4 is 15.7 Å². The number of sulfonamides is 1. The summed E-state index contributed by atoms with van der Waals surface area (Å²) in [6.45, 7) is 4.24. The molecule has 4 nitrogen and oxygen atoms in total. The summed E-state index contributed by atoms with van der Waals surface area (Å²) in [4.78, 5) is 0.343. The quantitative estimate of drug-likeness (QED) is 0.869. The molecule has 0 amide bonds. The maximum atomic E-state index is 12.7. The van der Waals surface area contributed by atoms with Gasteiger partial charge in [0.15, 0.2) is 0 Å². The number of nitrogens with two attached hydrogens (primary N) is 1. The number of nitrogens with zero attached hydrogens (tertiary/aromatic N) is 1. The van der Waals surface area contributed by atoms with Crippen molar-refractivity contribution in [2.24, 2.45) is 5.92 Å². The van der Waals surface area contributed by atoms with E-state index in [0.717, 1.165) is 18.4 Å². The molecule has 2 rings (SSSR count). The fourth-order valence-electron chi connectivity index (χ4n) is 2.94. The molecule has 1 aromatic rings. The van der Waals surface area contributed by atoms with Crippen molar-refractivity contribution in [2.45, 2.75) is 44.4 Å². The van der Waals surface area contributed by atoms with Gasteiger partial charge in [0.2, 0.25) is 10.0 Å². The number of anilines is 1. The molecule has 0 heterocycles. The highest BCUT2D eigenvalue weighted by atomic mass is 32.2. The number of nitrogen functional groups attached to an aromatic ring is 1. The number of hydrogen-bond donors (Lipinski definition) is 1. The van der Waals surface area contributed by atoms with E-state index in [4.69, 9.17) is 5.73 Å². The first-order chi connectivity index (χ1) is 9.32. The smallest absolute Gasteiger partial charge is 0.243 e. The highest BCUT2D eigenvalue weighted by Crippen LogP contribution is 2.29. The van der Waals surface area contributed by atoms with Crippen molar-refractivity contribution in [3.05, 3.63) is 23.3 Å². The minimum Gasteiger partial charge on any atom is -0.398 e. The maximum absolute atomic E-state index is 12.7. The van der Waals surface area contributed by atoms with E-state index >= 15 is 0 Å². The third-order valence-electron chi connectivity index (χ3n) is 4.22. The second kappa shape index (κ2) is 5.74. The van der Waals surface area contributed by atoms with E-state index in [1.165, 1.54) is 17.1 Å². The van der Waals surface area contributed by atoms with Crippen LogP contribution in [0.15, 0.2) is 17.0 Å². The largest absolute Gasteiger partial charge is 0.398 e. The molecule has 1 saturated carbocycles. The van der Waals surface area contributed by atoms with Crippen LogP contribution in [0, 0.1) is 19.8 Å². The van der Waals surface area contributed by atoms with E-state index in [2.05, 4.69) is 0 Å². The van der Waals surface area contributed by atoms with Gasteiger partial charge in [0.1, 0.15) is 0 Å². The minimum atomic E-state index is -3.45. The Morgan fingerprint density at radius 2 is 1.85 bits per heavy atom. The van der Waals surface area contributed by atoms with Gasteiger partial charge < -0.3 is 5.73 Å². The van der Waals surface area contributed by atoms with Crippen molar-refractivity contribution < 1.29 is 8.42 Å². The molecular weight excluding hydrogens is 272 g/mol. The predicted octanol–water partition coefficient (Wildman–Crippen LogP) is 2.70. The monoisotopic (exact) mass is 296 g/mol. The second-order valence-corrected chi connectivity index (χ2v) is 7.93. The van der Waals surface area contributed by atoms with Gasteiger partial charge >= 0.3 is 0 Å². The zero-order valence-electron chi connectivity index (χ0n) is 12.5. The normalized spacial score (nSPS) is 17.0. The van der Waals surface area contributed by atoms with Crippen LogP contribution in [0.3, 0.4) is 0 Å². The van der Waals surface area contributed by atoms with Gasteiger partial charge in [-0.05, 0) is 55.9 Å². The zero-order chi connectivity index (χ0) is 14.9. The summed E-state index contributed by atoms with van der Waals surface area (Å²) in [5.74, 6) is 0.497. The molecule has 1 fully saturated rings. The van der Waals surface area contributed by atoms with E-state index < -0.39 is 10.0 Å². The summed E-state index contributed by atoms with van der Waals surface area (Å²) >= 11 is 0. The van der Waals surface area contributed by atoms with Crippen LogP contribution in [0.4, 0.5) is 5.69 Å². The summed E-state index contributed by atoms with van der Waals surface area (Å²) in [5, 5.41) is 0. The molecule has 1 aliphatic carbocycles. The van der Waals surface area contributed by atoms with Gasteiger partial charge in [-0.25, -0.2) is 12.7 Å². The van der Waals surface area contributed by atoms with Crippen LogP contribution in [-0.4, -0.2) is 26.3 Å². The molecule has 0 bridgehead atoms. The molecule has 1 aromatic carbocycles. The molecule has 0 spiro atoms. The molecule has 20 heavy (non-hydrogen) atoms. The molecule has 2 N–H and O–H groups in total. The maximum Gasteiger partial charge on any atom is 0.243 e. The number of benzene rings is 1. The molecule has 1 aliphatic rings. The third kappa shape index (κ3) is 2.99. The summed E-state index contributed by atoms with van der Waals surface area (Å²) in [7, 11) is -1.78. The lowest BCUT2D eigenvalue weighted by Gasteiger charge is -2.22. The van der Waals surface area contributed by atoms with Gasteiger partial charge in [0.05, 0.1) is 4.90 Å². The number of hydrogen-bond acceptors (Lipinski definition) is 3. The van der Waals surface area contributed by atoms with Gasteiger partial charge in [-0.15, -0.1) is 0 Å². The van der Waals surface area contributed by atoms with Gasteiger partial charge in [-0.2, -0.15) is 0 Å². The van der Waals surface area contributed by atoms with E-state index in [0.29, 0.717) is 28.6 Å². The first kappa shape index (κ1) is 15.3. The Morgan fingerprint density at radius 1 is 1.25 bits per heavy atom. The Balaban J connectivity index is 2.29. The number of rotatable bonds is 4. The lowest BCUT2D eigenvalue weighted by Crippen LogP contribution is -2.31. The highest BCUT2D eigenvalue weighted by Gasteiger charge is 2.27. The molecule has 0 unspecified atom stereocenters. The van der Waals surface area contributed by atoms with E-state index in [1.54, 1.807) is 20.0 Å². The lowest BCUT2D eigenvalue weighted by atomic mass is 10.1. The Kier molecular flexibility index (Phi) is 4.39. The molecule has 0 atom stereocenters. The summed E-state index contributed by atoms with van der Waals surface area (Å²) in [6.07, 6.45) is 4.70. The standard InChI is InChI=1S/C15H24N2O2S/c1-11-8-14(16)12(2)15(9-11)20(18,19)17(3)10-13-6-4-5-7-13/h8-9,13H,4-7,10,16H2,1-3H3. The molecule has 0 aliphatic heterocycles. The van der Waals surface area contributed by atoms with Crippen LogP contribution < -0.4 is 5.73 Å². The first-order valence-corrected chi connectivity index (χ1v) is 8.59. The summed E-state index contributed by atoms with van der Waals surface area (Å²) in [5.41, 5.74) is 7.96. The first-order valence-electron chi connectivity index (χ1n) is 7.15. The van der Waals surface area contributed by atoms with Crippen LogP contribution in [0.25, 0.3) is 0 Å². The van der Waals surface area contributed by atoms with Crippen molar-refractivity contribution in [2.75, 3.05) is 19.3 Å². The average Bonchev–Trinajstić information content (AvgIpc) is 2.86. The molecule has 0 saturated heterocycles. The van der Waals surface area contributed by atoms with Gasteiger partial charge in [-0.1, -0.05) is 12.8 Å². The van der Waals surface area contributed by atoms with Gasteiger partial charge in [-0.3, -0.25) is 0 Å². The molecular formula is C15H24N2O2S. The summed E-state index contributed by atoms with van der Waals surface area (Å²) in [6, 6.07) is 3.53. The molecule has 0 aromatic heterocycles. The predicted molar refractivity (Wildman–Crippen MR) is 82.1 cm³/mol. The van der Waals surface area contributed by atoms with Crippen LogP contribution >= 0.6 is 0 Å². The average molecular weight is 296 g/mol. The molecule has 112 valence electrons. The fourth-order valence-corrected chi connectivity index (χ4v) is 4.53. The zero-order valence-corrected chi connectivity index (χ0v) is 13.3. The van der Waals surface area contributed by atoms with Gasteiger partial charge in [0, 0.05) is 19.3 Å². The third-order valence-corrected chi connectivity index (χ3v) is 6.17. The minimum absolute atomic E-state index is 0.343. The van der Waals surface area contributed by atoms with E-state index in [1.807, 2.05) is 13.0 Å². The van der Waals surface area contributed by atoms with Crippen molar-refractivity contribution in [3.8, 4) is 0 Å². The van der Waals surface area contributed by atoms with Crippen LogP contribution in [0.1, 0.15) is 36.8 Å². The fraction of sp³-hybridized carbons (Fsp3) is 0.600. The topological polar surface area (TPSA) is 63.4 Å². The summed E-state index contributed by atoms with van der Waals surface area (Å²) < 4.78 is 26.9. The Labute approximate surface area is 122 Å². The number of aryl methyl sites for hydroxylation is 1. The van der Waals surface area contributed by atoms with Crippen LogP contribution in [-0.2, 0) is 10.0 Å². The Bertz CT molecular complexity index is 590. The van der Waals surface area contributed by atoms with E-state index in [9.17, 15) is 8.42 Å². The second-order valence-electron chi connectivity index (χ2n) is 5.91. The van der Waals surface area contributed by atoms with Gasteiger partial charge in [0.25, 0.3) is 0 Å². The van der Waals surface area contributed by atoms with Crippen molar-refractivity contribution in [1.29, 1.82) is 0 Å².